The number of hydrogen-bond donors (Lipinski definition) is 1. The Morgan fingerprint density at radius 2 is 2.24 bits per heavy atom. The minimum Gasteiger partial charge on any atom is -0.480 e. The van der Waals surface area contributed by atoms with Crippen molar-refractivity contribution < 1.29 is 14.4 Å². The first-order chi connectivity index (χ1) is 10.2. The summed E-state index contributed by atoms with van der Waals surface area (Å²) in [6.07, 6.45) is 0. The molecule has 1 aromatic heterocycles. The van der Waals surface area contributed by atoms with Gasteiger partial charge in [-0.05, 0) is 0 Å². The molecule has 1 aliphatic rings. The molecule has 2 aromatic rings. The standard InChI is InChI=1S/C15H16N2O3S/c18-15(19)14-10-21-7-6-17(14)9-12-8-13(16-20-12)11-4-2-1-3-5-11/h1-5,8,14H,6-7,9-10H2,(H,18,19). The van der Waals surface area contributed by atoms with E-state index in [9.17, 15) is 9.90 Å². The molecule has 1 aromatic carbocycles. The molecule has 0 bridgehead atoms. The number of carbonyl (C=O) groups is 1. The summed E-state index contributed by atoms with van der Waals surface area (Å²) in [6.45, 7) is 1.24. The van der Waals surface area contributed by atoms with Gasteiger partial charge in [-0.3, -0.25) is 9.69 Å². The molecule has 1 aliphatic heterocycles. The molecule has 0 aliphatic carbocycles. The zero-order valence-corrected chi connectivity index (χ0v) is 12.3. The highest BCUT2D eigenvalue weighted by Crippen LogP contribution is 2.22. The third-order valence-corrected chi connectivity index (χ3v) is 4.53. The van der Waals surface area contributed by atoms with E-state index in [2.05, 4.69) is 5.16 Å². The van der Waals surface area contributed by atoms with Crippen LogP contribution in [0.1, 0.15) is 5.76 Å². The lowest BCUT2D eigenvalue weighted by molar-refractivity contribution is -0.142. The van der Waals surface area contributed by atoms with Gasteiger partial charge in [0.25, 0.3) is 0 Å². The zero-order valence-electron chi connectivity index (χ0n) is 11.4. The van der Waals surface area contributed by atoms with E-state index in [1.54, 1.807) is 11.8 Å². The van der Waals surface area contributed by atoms with Crippen molar-refractivity contribution in [1.29, 1.82) is 0 Å². The van der Waals surface area contributed by atoms with Crippen molar-refractivity contribution >= 4 is 17.7 Å². The monoisotopic (exact) mass is 304 g/mol. The molecule has 110 valence electrons. The first kappa shape index (κ1) is 14.2. The van der Waals surface area contributed by atoms with Crippen LogP contribution in [-0.4, -0.2) is 45.2 Å². The fraction of sp³-hybridized carbons (Fsp3) is 0.333. The number of benzene rings is 1. The normalized spacial score (nSPS) is 19.5. The molecule has 1 N–H and O–H groups in total. The first-order valence-corrected chi connectivity index (χ1v) is 7.95. The van der Waals surface area contributed by atoms with E-state index in [4.69, 9.17) is 4.52 Å². The molecule has 2 heterocycles. The number of thioether (sulfide) groups is 1. The lowest BCUT2D eigenvalue weighted by Gasteiger charge is -2.31. The van der Waals surface area contributed by atoms with Gasteiger partial charge in [0.1, 0.15) is 11.7 Å². The molecule has 1 fully saturated rings. The van der Waals surface area contributed by atoms with Crippen molar-refractivity contribution in [2.75, 3.05) is 18.1 Å². The van der Waals surface area contributed by atoms with E-state index < -0.39 is 12.0 Å². The van der Waals surface area contributed by atoms with Crippen LogP contribution in [0.3, 0.4) is 0 Å². The predicted molar refractivity (Wildman–Crippen MR) is 81.1 cm³/mol. The molecule has 5 nitrogen and oxygen atoms in total. The van der Waals surface area contributed by atoms with Crippen LogP contribution in [0.25, 0.3) is 11.3 Å². The Morgan fingerprint density at radius 1 is 1.43 bits per heavy atom. The highest BCUT2D eigenvalue weighted by molar-refractivity contribution is 7.99. The zero-order chi connectivity index (χ0) is 14.7. The lowest BCUT2D eigenvalue weighted by atomic mass is 10.1. The van der Waals surface area contributed by atoms with Crippen molar-refractivity contribution in [3.63, 3.8) is 0 Å². The summed E-state index contributed by atoms with van der Waals surface area (Å²) in [7, 11) is 0. The van der Waals surface area contributed by atoms with Gasteiger partial charge in [0, 0.05) is 29.7 Å². The average molecular weight is 304 g/mol. The van der Waals surface area contributed by atoms with Gasteiger partial charge in [-0.15, -0.1) is 0 Å². The second kappa shape index (κ2) is 6.32. The van der Waals surface area contributed by atoms with E-state index >= 15 is 0 Å². The van der Waals surface area contributed by atoms with E-state index in [0.717, 1.165) is 23.6 Å². The minimum atomic E-state index is -0.773. The highest BCUT2D eigenvalue weighted by Gasteiger charge is 2.29. The molecule has 0 spiro atoms. The molecule has 6 heteroatoms. The van der Waals surface area contributed by atoms with Crippen LogP contribution >= 0.6 is 11.8 Å². The van der Waals surface area contributed by atoms with Crippen LogP contribution in [0.15, 0.2) is 40.9 Å². The van der Waals surface area contributed by atoms with Crippen molar-refractivity contribution in [2.24, 2.45) is 0 Å². The summed E-state index contributed by atoms with van der Waals surface area (Å²) < 4.78 is 5.36. The van der Waals surface area contributed by atoms with Crippen molar-refractivity contribution in [3.8, 4) is 11.3 Å². The predicted octanol–water partition coefficient (Wildman–Crippen LogP) is 2.34. The van der Waals surface area contributed by atoms with Gasteiger partial charge in [-0.25, -0.2) is 0 Å². The number of hydrogen-bond acceptors (Lipinski definition) is 5. The van der Waals surface area contributed by atoms with Gasteiger partial charge < -0.3 is 9.63 Å². The lowest BCUT2D eigenvalue weighted by Crippen LogP contribution is -2.46. The number of carboxylic acid groups (broad SMARTS) is 1. The van der Waals surface area contributed by atoms with E-state index in [0.29, 0.717) is 18.1 Å². The number of nitrogens with zero attached hydrogens (tertiary/aromatic N) is 2. The Morgan fingerprint density at radius 3 is 3.00 bits per heavy atom. The quantitative estimate of drug-likeness (QED) is 0.935. The van der Waals surface area contributed by atoms with Gasteiger partial charge in [0.2, 0.25) is 0 Å². The summed E-state index contributed by atoms with van der Waals surface area (Å²) >= 11 is 1.68. The molecular formula is C15H16N2O3S. The fourth-order valence-corrected chi connectivity index (χ4v) is 3.49. The van der Waals surface area contributed by atoms with E-state index in [1.165, 1.54) is 0 Å². The minimum absolute atomic E-state index is 0.450. The number of aliphatic carboxylic acids is 1. The average Bonchev–Trinajstić information content (AvgIpc) is 2.97. The molecule has 0 radical (unpaired) electrons. The van der Waals surface area contributed by atoms with Gasteiger partial charge in [-0.1, -0.05) is 35.5 Å². The Kier molecular flexibility index (Phi) is 4.26. The van der Waals surface area contributed by atoms with Gasteiger partial charge in [0.15, 0.2) is 5.76 Å². The number of aromatic nitrogens is 1. The number of rotatable bonds is 4. The Hall–Kier alpha value is -1.79. The van der Waals surface area contributed by atoms with Crippen molar-refractivity contribution in [1.82, 2.24) is 10.1 Å². The SMILES string of the molecule is O=C(O)C1CSCCN1Cc1cc(-c2ccccc2)no1. The maximum atomic E-state index is 11.3. The molecule has 0 saturated carbocycles. The Bertz CT molecular complexity index is 614. The highest BCUT2D eigenvalue weighted by atomic mass is 32.2. The Labute approximate surface area is 126 Å². The molecule has 0 amide bonds. The summed E-state index contributed by atoms with van der Waals surface area (Å²) in [5.74, 6) is 1.50. The van der Waals surface area contributed by atoms with Crippen LogP contribution in [-0.2, 0) is 11.3 Å². The van der Waals surface area contributed by atoms with Crippen LogP contribution in [0.4, 0.5) is 0 Å². The van der Waals surface area contributed by atoms with Crippen molar-refractivity contribution in [3.05, 3.63) is 42.2 Å². The largest absolute Gasteiger partial charge is 0.480 e. The second-order valence-corrected chi connectivity index (χ2v) is 6.09. The Balaban J connectivity index is 1.73. The molecule has 1 unspecified atom stereocenters. The summed E-state index contributed by atoms with van der Waals surface area (Å²) in [5.41, 5.74) is 1.78. The summed E-state index contributed by atoms with van der Waals surface area (Å²) in [6, 6.07) is 11.2. The molecule has 3 rings (SSSR count). The molecule has 1 saturated heterocycles. The van der Waals surface area contributed by atoms with Crippen molar-refractivity contribution in [2.45, 2.75) is 12.6 Å². The first-order valence-electron chi connectivity index (χ1n) is 6.79. The van der Waals surface area contributed by atoms with Gasteiger partial charge in [-0.2, -0.15) is 11.8 Å². The molecule has 21 heavy (non-hydrogen) atoms. The van der Waals surface area contributed by atoms with E-state index in [1.807, 2.05) is 41.3 Å². The summed E-state index contributed by atoms with van der Waals surface area (Å²) in [5, 5.41) is 13.3. The molecule has 1 atom stereocenters. The smallest absolute Gasteiger partial charge is 0.321 e. The van der Waals surface area contributed by atoms with Crippen LogP contribution in [0.2, 0.25) is 0 Å². The van der Waals surface area contributed by atoms with Gasteiger partial charge in [0.05, 0.1) is 6.54 Å². The topological polar surface area (TPSA) is 66.6 Å². The second-order valence-electron chi connectivity index (χ2n) is 4.94. The fourth-order valence-electron chi connectivity index (χ4n) is 2.39. The third-order valence-electron chi connectivity index (χ3n) is 3.51. The maximum Gasteiger partial charge on any atom is 0.321 e. The van der Waals surface area contributed by atoms with Crippen LogP contribution in [0.5, 0.6) is 0 Å². The maximum absolute atomic E-state index is 11.3. The van der Waals surface area contributed by atoms with E-state index in [-0.39, 0.29) is 0 Å². The summed E-state index contributed by atoms with van der Waals surface area (Å²) in [4.78, 5) is 13.2. The van der Waals surface area contributed by atoms with Crippen LogP contribution in [0, 0.1) is 0 Å². The van der Waals surface area contributed by atoms with Gasteiger partial charge >= 0.3 is 5.97 Å². The van der Waals surface area contributed by atoms with Crippen LogP contribution < -0.4 is 0 Å². The molecular weight excluding hydrogens is 288 g/mol. The third kappa shape index (κ3) is 3.28. The number of carboxylic acids is 1.